The van der Waals surface area contributed by atoms with Gasteiger partial charge in [0.2, 0.25) is 5.91 Å². The standard InChI is InChI=1S/C11H14N4O4S2/c16-10(12-3-6-21(17,18)19)7-15-4-1-9(2-5-15)11-13-8-14-20-11/h1-2,4,8H,3,5-7H2,(H,12,16)(H,17,18,19). The van der Waals surface area contributed by atoms with E-state index < -0.39 is 15.9 Å². The number of aromatic nitrogens is 2. The highest BCUT2D eigenvalue weighted by atomic mass is 32.2. The average molecular weight is 330 g/mol. The molecule has 0 aromatic carbocycles. The summed E-state index contributed by atoms with van der Waals surface area (Å²) >= 11 is 1.30. The van der Waals surface area contributed by atoms with Gasteiger partial charge in [0.1, 0.15) is 11.3 Å². The van der Waals surface area contributed by atoms with Crippen molar-refractivity contribution in [2.24, 2.45) is 0 Å². The van der Waals surface area contributed by atoms with E-state index in [1.807, 2.05) is 12.2 Å². The molecule has 0 fully saturated rings. The minimum absolute atomic E-state index is 0.110. The quantitative estimate of drug-likeness (QED) is 0.692. The molecule has 0 bridgehead atoms. The minimum Gasteiger partial charge on any atom is -0.364 e. The van der Waals surface area contributed by atoms with Crippen LogP contribution in [0.1, 0.15) is 5.01 Å². The molecule has 2 rings (SSSR count). The maximum Gasteiger partial charge on any atom is 0.266 e. The third-order valence-corrected chi connectivity index (χ3v) is 4.08. The highest BCUT2D eigenvalue weighted by Crippen LogP contribution is 2.19. The Kier molecular flexibility index (Phi) is 5.04. The van der Waals surface area contributed by atoms with Crippen LogP contribution in [-0.4, -0.2) is 58.5 Å². The van der Waals surface area contributed by atoms with Crippen molar-refractivity contribution in [3.05, 3.63) is 29.7 Å². The molecule has 0 aliphatic carbocycles. The maximum atomic E-state index is 11.6. The molecule has 1 amide bonds. The summed E-state index contributed by atoms with van der Waals surface area (Å²) in [5.41, 5.74) is 0.959. The molecule has 10 heteroatoms. The van der Waals surface area contributed by atoms with Crippen molar-refractivity contribution in [2.45, 2.75) is 0 Å². The molecule has 0 spiro atoms. The van der Waals surface area contributed by atoms with E-state index in [-0.39, 0.29) is 19.0 Å². The van der Waals surface area contributed by atoms with Crippen LogP contribution < -0.4 is 5.32 Å². The first-order valence-electron chi connectivity index (χ1n) is 6.05. The molecule has 1 aromatic rings. The summed E-state index contributed by atoms with van der Waals surface area (Å²) < 4.78 is 33.5. The number of carbonyl (C=O) groups is 1. The zero-order chi connectivity index (χ0) is 15.3. The van der Waals surface area contributed by atoms with Crippen molar-refractivity contribution in [3.8, 4) is 0 Å². The molecule has 0 radical (unpaired) electrons. The molecule has 1 aliphatic rings. The van der Waals surface area contributed by atoms with Gasteiger partial charge >= 0.3 is 0 Å². The largest absolute Gasteiger partial charge is 0.364 e. The molecule has 21 heavy (non-hydrogen) atoms. The molecule has 0 unspecified atom stereocenters. The first kappa shape index (κ1) is 15.6. The van der Waals surface area contributed by atoms with Crippen LogP contribution in [0.5, 0.6) is 0 Å². The normalized spacial score (nSPS) is 14.9. The van der Waals surface area contributed by atoms with Crippen molar-refractivity contribution in [1.82, 2.24) is 19.6 Å². The van der Waals surface area contributed by atoms with Crippen LogP contribution in [0.4, 0.5) is 0 Å². The predicted octanol–water partition coefficient (Wildman–Crippen LogP) is -0.245. The fraction of sp³-hybridized carbons (Fsp3) is 0.364. The zero-order valence-electron chi connectivity index (χ0n) is 11.0. The fourth-order valence-corrected chi connectivity index (χ4v) is 2.57. The van der Waals surface area contributed by atoms with E-state index in [9.17, 15) is 13.2 Å². The number of allylic oxidation sites excluding steroid dienone is 2. The number of hydrogen-bond acceptors (Lipinski definition) is 7. The Morgan fingerprint density at radius 2 is 2.33 bits per heavy atom. The second-order valence-electron chi connectivity index (χ2n) is 4.29. The zero-order valence-corrected chi connectivity index (χ0v) is 12.6. The molecule has 0 atom stereocenters. The van der Waals surface area contributed by atoms with Gasteiger partial charge in [0.05, 0.1) is 12.3 Å². The van der Waals surface area contributed by atoms with E-state index in [0.29, 0.717) is 6.54 Å². The lowest BCUT2D eigenvalue weighted by Crippen LogP contribution is -2.37. The summed E-state index contributed by atoms with van der Waals surface area (Å²) in [6, 6.07) is 0. The van der Waals surface area contributed by atoms with Crippen LogP contribution in [0.15, 0.2) is 24.7 Å². The van der Waals surface area contributed by atoms with Gasteiger partial charge in [-0.25, -0.2) is 4.98 Å². The second-order valence-corrected chi connectivity index (χ2v) is 6.64. The van der Waals surface area contributed by atoms with Gasteiger partial charge in [-0.15, -0.1) is 0 Å². The number of carbonyl (C=O) groups excluding carboxylic acids is 1. The van der Waals surface area contributed by atoms with Gasteiger partial charge in [0.15, 0.2) is 0 Å². The van der Waals surface area contributed by atoms with Crippen molar-refractivity contribution >= 4 is 33.1 Å². The first-order valence-corrected chi connectivity index (χ1v) is 8.43. The van der Waals surface area contributed by atoms with Crippen LogP contribution in [0.2, 0.25) is 0 Å². The topological polar surface area (TPSA) is 112 Å². The molecule has 0 saturated carbocycles. The van der Waals surface area contributed by atoms with Gasteiger partial charge in [-0.05, 0) is 17.6 Å². The lowest BCUT2D eigenvalue weighted by Gasteiger charge is -2.21. The number of rotatable bonds is 6. The van der Waals surface area contributed by atoms with E-state index >= 15 is 0 Å². The molecule has 1 aliphatic heterocycles. The Hall–Kier alpha value is -1.78. The summed E-state index contributed by atoms with van der Waals surface area (Å²) in [5.74, 6) is -0.800. The number of hydrogen-bond donors (Lipinski definition) is 2. The van der Waals surface area contributed by atoms with Crippen molar-refractivity contribution in [2.75, 3.05) is 25.4 Å². The number of nitrogens with one attached hydrogen (secondary N) is 1. The third kappa shape index (κ3) is 5.25. The molecule has 2 N–H and O–H groups in total. The van der Waals surface area contributed by atoms with Gasteiger partial charge in [-0.1, -0.05) is 6.08 Å². The van der Waals surface area contributed by atoms with Crippen LogP contribution >= 0.6 is 11.5 Å². The van der Waals surface area contributed by atoms with Crippen molar-refractivity contribution < 1.29 is 17.8 Å². The molecule has 8 nitrogen and oxygen atoms in total. The Labute approximate surface area is 126 Å². The molecule has 114 valence electrons. The van der Waals surface area contributed by atoms with E-state index in [1.165, 1.54) is 17.9 Å². The smallest absolute Gasteiger partial charge is 0.266 e. The van der Waals surface area contributed by atoms with E-state index in [1.54, 1.807) is 11.1 Å². The lowest BCUT2D eigenvalue weighted by molar-refractivity contribution is -0.121. The summed E-state index contributed by atoms with van der Waals surface area (Å²) in [4.78, 5) is 17.5. The van der Waals surface area contributed by atoms with Crippen LogP contribution in [0.3, 0.4) is 0 Å². The van der Waals surface area contributed by atoms with Gasteiger partial charge in [-0.3, -0.25) is 9.35 Å². The van der Waals surface area contributed by atoms with Gasteiger partial charge in [0.25, 0.3) is 10.1 Å². The van der Waals surface area contributed by atoms with Crippen LogP contribution in [0, 0.1) is 0 Å². The maximum absolute atomic E-state index is 11.6. The predicted molar refractivity (Wildman–Crippen MR) is 78.0 cm³/mol. The summed E-state index contributed by atoms with van der Waals surface area (Å²) in [7, 11) is -4.05. The van der Waals surface area contributed by atoms with Gasteiger partial charge < -0.3 is 10.2 Å². The lowest BCUT2D eigenvalue weighted by atomic mass is 10.2. The van der Waals surface area contributed by atoms with Crippen molar-refractivity contribution in [1.29, 1.82) is 0 Å². The number of amides is 1. The monoisotopic (exact) mass is 330 g/mol. The Morgan fingerprint density at radius 3 is 2.90 bits per heavy atom. The van der Waals surface area contributed by atoms with Gasteiger partial charge in [0, 0.05) is 24.9 Å². The summed E-state index contributed by atoms with van der Waals surface area (Å²) in [5, 5.41) is 3.25. The highest BCUT2D eigenvalue weighted by Gasteiger charge is 2.12. The fourth-order valence-electron chi connectivity index (χ4n) is 1.67. The SMILES string of the molecule is O=C(CN1C=CC(c2ncns2)=CC1)NCCS(=O)(=O)O. The van der Waals surface area contributed by atoms with Crippen molar-refractivity contribution in [3.63, 3.8) is 0 Å². The second kappa shape index (κ2) is 6.78. The van der Waals surface area contributed by atoms with Gasteiger partial charge in [-0.2, -0.15) is 12.8 Å². The first-order chi connectivity index (χ1) is 9.94. The van der Waals surface area contributed by atoms with Crippen LogP contribution in [0.25, 0.3) is 5.57 Å². The molecule has 1 aromatic heterocycles. The van der Waals surface area contributed by atoms with E-state index in [0.717, 1.165) is 10.6 Å². The summed E-state index contributed by atoms with van der Waals surface area (Å²) in [6.07, 6.45) is 7.05. The average Bonchev–Trinajstić information content (AvgIpc) is 2.92. The molecular formula is C11H14N4O4S2. The van der Waals surface area contributed by atoms with E-state index in [2.05, 4.69) is 14.7 Å². The van der Waals surface area contributed by atoms with Crippen LogP contribution in [-0.2, 0) is 14.9 Å². The molecular weight excluding hydrogens is 316 g/mol. The Bertz CT molecular complexity index is 652. The Balaban J connectivity index is 1.76. The molecule has 2 heterocycles. The Morgan fingerprint density at radius 1 is 1.52 bits per heavy atom. The van der Waals surface area contributed by atoms with E-state index in [4.69, 9.17) is 4.55 Å². The molecule has 0 saturated heterocycles. The minimum atomic E-state index is -4.05. The third-order valence-electron chi connectivity index (χ3n) is 2.65. The number of nitrogens with zero attached hydrogens (tertiary/aromatic N) is 3. The highest BCUT2D eigenvalue weighted by molar-refractivity contribution is 7.85. The summed E-state index contributed by atoms with van der Waals surface area (Å²) in [6.45, 7) is 0.556.